The molecule has 0 amide bonds. The molecule has 3 rings (SSSR count). The summed E-state index contributed by atoms with van der Waals surface area (Å²) in [6, 6.07) is 7.71. The Balaban J connectivity index is 1.98. The van der Waals surface area contributed by atoms with Gasteiger partial charge < -0.3 is 5.11 Å². The van der Waals surface area contributed by atoms with Crippen molar-refractivity contribution in [1.82, 2.24) is 9.97 Å². The van der Waals surface area contributed by atoms with Crippen LogP contribution in [0.1, 0.15) is 16.5 Å². The van der Waals surface area contributed by atoms with Crippen molar-refractivity contribution in [2.24, 2.45) is 0 Å². The van der Waals surface area contributed by atoms with Gasteiger partial charge in [0.25, 0.3) is 0 Å². The molecule has 0 fully saturated rings. The average molecular weight is 335 g/mol. The van der Waals surface area contributed by atoms with Gasteiger partial charge in [-0.3, -0.25) is 9.97 Å². The maximum absolute atomic E-state index is 10.4. The first-order valence-electron chi connectivity index (χ1n) is 5.85. The molecular formula is C14H11BrN2OS. The van der Waals surface area contributed by atoms with Crippen molar-refractivity contribution >= 4 is 38.3 Å². The van der Waals surface area contributed by atoms with E-state index in [1.165, 1.54) is 0 Å². The van der Waals surface area contributed by atoms with Gasteiger partial charge in [0.05, 0.1) is 17.1 Å². The van der Waals surface area contributed by atoms with Crippen LogP contribution >= 0.6 is 27.3 Å². The number of halogens is 1. The minimum absolute atomic E-state index is 0.574. The van der Waals surface area contributed by atoms with E-state index in [1.54, 1.807) is 23.7 Å². The number of hydrogen-bond acceptors (Lipinski definition) is 4. The molecule has 0 aliphatic carbocycles. The van der Waals surface area contributed by atoms with E-state index in [0.29, 0.717) is 6.42 Å². The standard InChI is InChI=1S/C14H11BrN2OS/c15-10-4-7-19-13(10)8-12(18)9-2-1-3-11-14(9)17-6-5-16-11/h1-7,12,18H,8H2. The van der Waals surface area contributed by atoms with Crippen LogP contribution in [0.4, 0.5) is 0 Å². The largest absolute Gasteiger partial charge is 0.388 e. The Morgan fingerprint density at radius 2 is 2.05 bits per heavy atom. The van der Waals surface area contributed by atoms with Crippen LogP contribution in [-0.2, 0) is 6.42 Å². The minimum atomic E-state index is -0.574. The summed E-state index contributed by atoms with van der Waals surface area (Å²) in [5.74, 6) is 0. The van der Waals surface area contributed by atoms with Gasteiger partial charge in [-0.05, 0) is 33.4 Å². The Morgan fingerprint density at radius 1 is 1.21 bits per heavy atom. The molecule has 5 heteroatoms. The predicted octanol–water partition coefficient (Wildman–Crippen LogP) is 3.73. The summed E-state index contributed by atoms with van der Waals surface area (Å²) in [4.78, 5) is 9.71. The fraction of sp³-hybridized carbons (Fsp3) is 0.143. The Bertz CT molecular complexity index is 708. The van der Waals surface area contributed by atoms with Crippen molar-refractivity contribution in [3.05, 3.63) is 57.0 Å². The monoisotopic (exact) mass is 334 g/mol. The summed E-state index contributed by atoms with van der Waals surface area (Å²) in [5, 5.41) is 12.4. The third-order valence-corrected chi connectivity index (χ3v) is 4.91. The first kappa shape index (κ1) is 12.7. The number of para-hydroxylation sites is 1. The smallest absolute Gasteiger partial charge is 0.0944 e. The van der Waals surface area contributed by atoms with Crippen LogP contribution in [0.3, 0.4) is 0 Å². The fourth-order valence-corrected chi connectivity index (χ4v) is 3.59. The quantitative estimate of drug-likeness (QED) is 0.793. The van der Waals surface area contributed by atoms with Gasteiger partial charge in [0.1, 0.15) is 0 Å². The third-order valence-electron chi connectivity index (χ3n) is 2.96. The lowest BCUT2D eigenvalue weighted by molar-refractivity contribution is 0.180. The van der Waals surface area contributed by atoms with Crippen molar-refractivity contribution in [3.8, 4) is 0 Å². The van der Waals surface area contributed by atoms with Crippen molar-refractivity contribution in [3.63, 3.8) is 0 Å². The zero-order chi connectivity index (χ0) is 13.2. The van der Waals surface area contributed by atoms with Gasteiger partial charge in [0, 0.05) is 33.7 Å². The molecule has 1 N–H and O–H groups in total. The maximum Gasteiger partial charge on any atom is 0.0944 e. The van der Waals surface area contributed by atoms with Crippen molar-refractivity contribution in [1.29, 1.82) is 0 Å². The summed E-state index contributed by atoms with van der Waals surface area (Å²) < 4.78 is 1.04. The van der Waals surface area contributed by atoms with E-state index in [4.69, 9.17) is 0 Å². The Kier molecular flexibility index (Phi) is 3.59. The van der Waals surface area contributed by atoms with Gasteiger partial charge >= 0.3 is 0 Å². The summed E-state index contributed by atoms with van der Waals surface area (Å²) in [6.07, 6.45) is 3.32. The van der Waals surface area contributed by atoms with Crippen molar-refractivity contribution < 1.29 is 5.11 Å². The summed E-state index contributed by atoms with van der Waals surface area (Å²) in [7, 11) is 0. The number of aromatic nitrogens is 2. The molecule has 2 aromatic heterocycles. The van der Waals surface area contributed by atoms with Crippen LogP contribution in [0.15, 0.2) is 46.5 Å². The first-order valence-corrected chi connectivity index (χ1v) is 7.52. The zero-order valence-electron chi connectivity index (χ0n) is 9.95. The lowest BCUT2D eigenvalue weighted by Crippen LogP contribution is -2.03. The fourth-order valence-electron chi connectivity index (χ4n) is 2.04. The zero-order valence-corrected chi connectivity index (χ0v) is 12.4. The van der Waals surface area contributed by atoms with E-state index in [0.717, 1.165) is 25.9 Å². The highest BCUT2D eigenvalue weighted by molar-refractivity contribution is 9.10. The van der Waals surface area contributed by atoms with Gasteiger partial charge in [-0.1, -0.05) is 12.1 Å². The average Bonchev–Trinajstić information content (AvgIpc) is 2.83. The van der Waals surface area contributed by atoms with Crippen LogP contribution in [-0.4, -0.2) is 15.1 Å². The molecule has 0 radical (unpaired) electrons. The van der Waals surface area contributed by atoms with Gasteiger partial charge in [-0.15, -0.1) is 11.3 Å². The van der Waals surface area contributed by atoms with E-state index < -0.39 is 6.10 Å². The highest BCUT2D eigenvalue weighted by Gasteiger charge is 2.15. The van der Waals surface area contributed by atoms with Gasteiger partial charge in [0.15, 0.2) is 0 Å². The van der Waals surface area contributed by atoms with E-state index in [-0.39, 0.29) is 0 Å². The predicted molar refractivity (Wildman–Crippen MR) is 80.2 cm³/mol. The number of fused-ring (bicyclic) bond motifs is 1. The SMILES string of the molecule is OC(Cc1sccc1Br)c1cccc2nccnc12. The summed E-state index contributed by atoms with van der Waals surface area (Å²) in [5.41, 5.74) is 2.40. The lowest BCUT2D eigenvalue weighted by atomic mass is 10.0. The van der Waals surface area contributed by atoms with E-state index in [2.05, 4.69) is 25.9 Å². The molecular weight excluding hydrogens is 324 g/mol. The number of rotatable bonds is 3. The molecule has 0 aliphatic heterocycles. The molecule has 0 bridgehead atoms. The van der Waals surface area contributed by atoms with Crippen LogP contribution in [0.25, 0.3) is 11.0 Å². The van der Waals surface area contributed by atoms with Gasteiger partial charge in [0.2, 0.25) is 0 Å². The second-order valence-electron chi connectivity index (χ2n) is 4.18. The number of nitrogens with zero attached hydrogens (tertiary/aromatic N) is 2. The molecule has 0 aliphatic rings. The molecule has 1 aromatic carbocycles. The van der Waals surface area contributed by atoms with Crippen molar-refractivity contribution in [2.45, 2.75) is 12.5 Å². The maximum atomic E-state index is 10.4. The van der Waals surface area contributed by atoms with Crippen LogP contribution in [0.2, 0.25) is 0 Å². The molecule has 3 nitrogen and oxygen atoms in total. The number of thiophene rings is 1. The van der Waals surface area contributed by atoms with E-state index >= 15 is 0 Å². The van der Waals surface area contributed by atoms with Crippen LogP contribution in [0, 0.1) is 0 Å². The highest BCUT2D eigenvalue weighted by Crippen LogP contribution is 2.30. The second-order valence-corrected chi connectivity index (χ2v) is 6.04. The number of aliphatic hydroxyl groups is 1. The molecule has 1 atom stereocenters. The minimum Gasteiger partial charge on any atom is -0.388 e. The van der Waals surface area contributed by atoms with Gasteiger partial charge in [-0.25, -0.2) is 0 Å². The molecule has 19 heavy (non-hydrogen) atoms. The van der Waals surface area contributed by atoms with E-state index in [1.807, 2.05) is 29.6 Å². The molecule has 2 heterocycles. The van der Waals surface area contributed by atoms with Crippen LogP contribution in [0.5, 0.6) is 0 Å². The number of hydrogen-bond donors (Lipinski definition) is 1. The molecule has 0 saturated carbocycles. The number of aliphatic hydroxyl groups excluding tert-OH is 1. The highest BCUT2D eigenvalue weighted by atomic mass is 79.9. The molecule has 0 spiro atoms. The third kappa shape index (κ3) is 2.54. The topological polar surface area (TPSA) is 46.0 Å². The van der Waals surface area contributed by atoms with E-state index in [9.17, 15) is 5.11 Å². The molecule has 0 saturated heterocycles. The molecule has 1 unspecified atom stereocenters. The number of benzene rings is 1. The Hall–Kier alpha value is -1.30. The first-order chi connectivity index (χ1) is 9.25. The second kappa shape index (κ2) is 5.36. The normalized spacial score (nSPS) is 12.7. The molecule has 96 valence electrons. The Morgan fingerprint density at radius 3 is 2.84 bits per heavy atom. The summed E-state index contributed by atoms with van der Waals surface area (Å²) in [6.45, 7) is 0. The Labute approximate surface area is 123 Å². The molecule has 3 aromatic rings. The van der Waals surface area contributed by atoms with Crippen LogP contribution < -0.4 is 0 Å². The van der Waals surface area contributed by atoms with Crippen molar-refractivity contribution in [2.75, 3.05) is 0 Å². The lowest BCUT2D eigenvalue weighted by Gasteiger charge is -2.12. The summed E-state index contributed by atoms with van der Waals surface area (Å²) >= 11 is 5.12. The van der Waals surface area contributed by atoms with Gasteiger partial charge in [-0.2, -0.15) is 0 Å².